The third-order valence-corrected chi connectivity index (χ3v) is 8.28. The number of hydrogen-bond acceptors (Lipinski definition) is 6. The number of rotatable bonds is 2. The maximum Gasteiger partial charge on any atom is 0.319 e. The fourth-order valence-corrected chi connectivity index (χ4v) is 6.57. The molecule has 8 rings (SSSR count). The molecule has 2 amide bonds. The number of carbonyl (C=O) groups is 3. The Morgan fingerprint density at radius 1 is 0.744 bits per heavy atom. The third kappa shape index (κ3) is 3.07. The highest BCUT2D eigenvalue weighted by molar-refractivity contribution is 6.24. The van der Waals surface area contributed by atoms with Crippen LogP contribution in [0.1, 0.15) is 17.0 Å². The van der Waals surface area contributed by atoms with Gasteiger partial charge in [-0.1, -0.05) is 66.7 Å². The Bertz CT molecular complexity index is 1760. The highest BCUT2D eigenvalue weighted by Gasteiger charge is 2.60. The van der Waals surface area contributed by atoms with Crippen molar-refractivity contribution in [2.45, 2.75) is 5.92 Å². The zero-order valence-electron chi connectivity index (χ0n) is 20.6. The van der Waals surface area contributed by atoms with Crippen molar-refractivity contribution >= 4 is 39.8 Å². The Balaban J connectivity index is 1.35. The fourth-order valence-electron chi connectivity index (χ4n) is 6.57. The molecule has 4 aliphatic rings. The van der Waals surface area contributed by atoms with Crippen LogP contribution in [-0.4, -0.2) is 24.6 Å². The van der Waals surface area contributed by atoms with E-state index < -0.39 is 35.5 Å². The molecule has 0 N–H and O–H groups in total. The number of nitrogens with zero attached hydrogens (tertiary/aromatic N) is 1. The molecular weight excluding hydrogens is 494 g/mol. The summed E-state index contributed by atoms with van der Waals surface area (Å²) < 4.78 is 17.1. The van der Waals surface area contributed by atoms with Crippen LogP contribution in [0, 0.1) is 17.8 Å². The molecule has 1 saturated heterocycles. The molecule has 3 heterocycles. The van der Waals surface area contributed by atoms with Gasteiger partial charge >= 0.3 is 5.97 Å². The first-order valence-corrected chi connectivity index (χ1v) is 12.9. The monoisotopic (exact) mass is 515 g/mol. The van der Waals surface area contributed by atoms with Crippen molar-refractivity contribution in [3.8, 4) is 17.2 Å². The van der Waals surface area contributed by atoms with Crippen LogP contribution < -0.4 is 19.1 Å². The van der Waals surface area contributed by atoms with E-state index in [0.29, 0.717) is 28.5 Å². The summed E-state index contributed by atoms with van der Waals surface area (Å²) in [5, 5.41) is 1.77. The molecular formula is C32H21NO6. The van der Waals surface area contributed by atoms with Gasteiger partial charge < -0.3 is 14.2 Å². The van der Waals surface area contributed by atoms with Gasteiger partial charge in [0.05, 0.1) is 23.4 Å². The standard InChI is InChI=1S/C32H21NO6/c34-30-26-22(18-11-13-24-25(14-18)38-16-37-24)15-23-21-12-10-17-6-4-5-9-20(17)29(21)39-32(36)27(23)28(26)31(35)33(30)19-7-2-1-3-8-19/h1-15,22,26-28H,16H2/t22-,26+,27+,28-/m1/s1. The summed E-state index contributed by atoms with van der Waals surface area (Å²) >= 11 is 0. The molecule has 0 unspecified atom stereocenters. The smallest absolute Gasteiger partial charge is 0.319 e. The molecule has 4 aromatic rings. The first-order chi connectivity index (χ1) is 19.1. The lowest BCUT2D eigenvalue weighted by atomic mass is 9.64. The number of ether oxygens (including phenoxy) is 3. The summed E-state index contributed by atoms with van der Waals surface area (Å²) in [6.07, 6.45) is 1.98. The summed E-state index contributed by atoms with van der Waals surface area (Å²) in [5.41, 5.74) is 2.79. The van der Waals surface area contributed by atoms with Gasteiger partial charge in [-0.25, -0.2) is 4.90 Å². The van der Waals surface area contributed by atoms with Crippen molar-refractivity contribution in [1.82, 2.24) is 0 Å². The maximum atomic E-state index is 14.1. The van der Waals surface area contributed by atoms with Gasteiger partial charge in [0, 0.05) is 16.9 Å². The summed E-state index contributed by atoms with van der Waals surface area (Å²) in [6, 6.07) is 26.1. The van der Waals surface area contributed by atoms with Gasteiger partial charge in [0.1, 0.15) is 5.75 Å². The first kappa shape index (κ1) is 22.1. The van der Waals surface area contributed by atoms with E-state index in [-0.39, 0.29) is 12.7 Å². The number of amides is 2. The van der Waals surface area contributed by atoms with E-state index in [4.69, 9.17) is 14.2 Å². The topological polar surface area (TPSA) is 82.1 Å². The van der Waals surface area contributed by atoms with Crippen molar-refractivity contribution in [2.75, 3.05) is 11.7 Å². The molecule has 39 heavy (non-hydrogen) atoms. The molecule has 0 radical (unpaired) electrons. The normalized spacial score (nSPS) is 24.7. The minimum absolute atomic E-state index is 0.129. The van der Waals surface area contributed by atoms with Crippen molar-refractivity contribution < 1.29 is 28.6 Å². The van der Waals surface area contributed by atoms with Gasteiger partial charge in [-0.2, -0.15) is 0 Å². The van der Waals surface area contributed by atoms with Crippen molar-refractivity contribution in [2.24, 2.45) is 17.8 Å². The molecule has 0 spiro atoms. The van der Waals surface area contributed by atoms with Crippen molar-refractivity contribution in [1.29, 1.82) is 0 Å². The van der Waals surface area contributed by atoms with Crippen LogP contribution in [0.15, 0.2) is 91.0 Å². The number of benzene rings is 4. The van der Waals surface area contributed by atoms with E-state index in [9.17, 15) is 14.4 Å². The second-order valence-corrected chi connectivity index (χ2v) is 10.2. The number of esters is 1. The van der Waals surface area contributed by atoms with Crippen LogP contribution in [0.4, 0.5) is 5.69 Å². The average molecular weight is 516 g/mol. The minimum Gasteiger partial charge on any atom is -0.454 e. The second kappa shape index (κ2) is 8.04. The maximum absolute atomic E-state index is 14.1. The minimum atomic E-state index is -0.903. The number of imide groups is 1. The van der Waals surface area contributed by atoms with E-state index in [1.165, 1.54) is 4.90 Å². The molecule has 0 bridgehead atoms. The molecule has 0 aromatic heterocycles. The molecule has 4 aromatic carbocycles. The summed E-state index contributed by atoms with van der Waals surface area (Å²) in [6.45, 7) is 0.129. The Morgan fingerprint density at radius 3 is 2.38 bits per heavy atom. The average Bonchev–Trinajstić information content (AvgIpc) is 3.54. The lowest BCUT2D eigenvalue weighted by Crippen LogP contribution is -2.42. The molecule has 7 nitrogen and oxygen atoms in total. The molecule has 1 fully saturated rings. The largest absolute Gasteiger partial charge is 0.454 e. The number of anilines is 1. The van der Waals surface area contributed by atoms with E-state index in [1.54, 1.807) is 24.3 Å². The Kier molecular flexibility index (Phi) is 4.56. The first-order valence-electron chi connectivity index (χ1n) is 12.9. The van der Waals surface area contributed by atoms with E-state index in [1.807, 2.05) is 66.7 Å². The highest BCUT2D eigenvalue weighted by atomic mass is 16.7. The third-order valence-electron chi connectivity index (χ3n) is 8.28. The zero-order valence-corrected chi connectivity index (χ0v) is 20.6. The number of allylic oxidation sites excluding steroid dienone is 1. The summed E-state index contributed by atoms with van der Waals surface area (Å²) in [4.78, 5) is 43.0. The molecule has 0 saturated carbocycles. The predicted molar refractivity (Wildman–Crippen MR) is 142 cm³/mol. The van der Waals surface area contributed by atoms with E-state index in [0.717, 1.165) is 21.9 Å². The molecule has 190 valence electrons. The second-order valence-electron chi connectivity index (χ2n) is 10.2. The number of para-hydroxylation sites is 1. The Morgan fingerprint density at radius 2 is 1.51 bits per heavy atom. The van der Waals surface area contributed by atoms with Crippen LogP contribution in [0.3, 0.4) is 0 Å². The fraction of sp³-hybridized carbons (Fsp3) is 0.156. The summed E-state index contributed by atoms with van der Waals surface area (Å²) in [7, 11) is 0. The van der Waals surface area contributed by atoms with Gasteiger partial charge in [-0.3, -0.25) is 14.4 Å². The molecule has 1 aliphatic carbocycles. The highest BCUT2D eigenvalue weighted by Crippen LogP contribution is 2.56. The number of fused-ring (bicyclic) bond motifs is 8. The van der Waals surface area contributed by atoms with Crippen LogP contribution in [0.25, 0.3) is 16.3 Å². The van der Waals surface area contributed by atoms with Gasteiger partial charge in [0.25, 0.3) is 0 Å². The van der Waals surface area contributed by atoms with Gasteiger partial charge in [0.15, 0.2) is 11.5 Å². The van der Waals surface area contributed by atoms with E-state index >= 15 is 0 Å². The lowest BCUT2D eigenvalue weighted by molar-refractivity contribution is -0.142. The van der Waals surface area contributed by atoms with Gasteiger partial charge in [-0.15, -0.1) is 0 Å². The predicted octanol–water partition coefficient (Wildman–Crippen LogP) is 5.09. The number of hydrogen-bond donors (Lipinski definition) is 0. The van der Waals surface area contributed by atoms with Crippen LogP contribution >= 0.6 is 0 Å². The van der Waals surface area contributed by atoms with Crippen LogP contribution in [0.2, 0.25) is 0 Å². The Labute approximate surface area is 223 Å². The van der Waals surface area contributed by atoms with Crippen molar-refractivity contribution in [3.05, 3.63) is 102 Å². The zero-order chi connectivity index (χ0) is 26.2. The Hall–Kier alpha value is -4.91. The molecule has 7 heteroatoms. The number of carbonyl (C=O) groups excluding carboxylic acids is 3. The van der Waals surface area contributed by atoms with Crippen LogP contribution in [-0.2, 0) is 14.4 Å². The molecule has 3 aliphatic heterocycles. The van der Waals surface area contributed by atoms with Gasteiger partial charge in [0.2, 0.25) is 18.6 Å². The van der Waals surface area contributed by atoms with Crippen molar-refractivity contribution in [3.63, 3.8) is 0 Å². The van der Waals surface area contributed by atoms with E-state index in [2.05, 4.69) is 0 Å². The molecule has 4 atom stereocenters. The SMILES string of the molecule is O=C1Oc2c(ccc3ccccc23)C2=C[C@H](c3ccc4c(c3)OCO4)[C@@H]3C(=O)N(c4ccccc4)C(=O)[C@H]3[C@@H]12. The lowest BCUT2D eigenvalue weighted by Gasteiger charge is -2.38. The van der Waals surface area contributed by atoms with Gasteiger partial charge in [-0.05, 0) is 40.8 Å². The quantitative estimate of drug-likeness (QED) is 0.210. The summed E-state index contributed by atoms with van der Waals surface area (Å²) in [5.74, 6) is -2.55. The van der Waals surface area contributed by atoms with Crippen LogP contribution in [0.5, 0.6) is 17.2 Å².